The van der Waals surface area contributed by atoms with E-state index in [9.17, 15) is 8.42 Å². The van der Waals surface area contributed by atoms with Crippen molar-refractivity contribution in [3.8, 4) is 0 Å². The average molecular weight is 218 g/mol. The molecule has 0 amide bonds. The zero-order chi connectivity index (χ0) is 9.64. The van der Waals surface area contributed by atoms with Gasteiger partial charge in [0.05, 0.1) is 5.69 Å². The first-order chi connectivity index (χ1) is 5.98. The molecule has 0 aliphatic carbocycles. The minimum atomic E-state index is -3.12. The summed E-state index contributed by atoms with van der Waals surface area (Å²) in [5.74, 6) is 0. The number of hydrogen-bond acceptors (Lipinski definition) is 5. The number of thiazole rings is 1. The Hall–Kier alpha value is -0.460. The van der Waals surface area contributed by atoms with Gasteiger partial charge >= 0.3 is 0 Å². The van der Waals surface area contributed by atoms with Gasteiger partial charge in [-0.1, -0.05) is 0 Å². The number of sulfone groups is 1. The molecule has 1 aliphatic rings. The molecule has 1 unspecified atom stereocenters. The molecule has 72 valence electrons. The molecule has 13 heavy (non-hydrogen) atoms. The van der Waals surface area contributed by atoms with E-state index < -0.39 is 9.84 Å². The minimum absolute atomic E-state index is 0.239. The van der Waals surface area contributed by atoms with Crippen molar-refractivity contribution in [2.45, 2.75) is 23.8 Å². The predicted molar refractivity (Wildman–Crippen MR) is 50.5 cm³/mol. The van der Waals surface area contributed by atoms with Crippen LogP contribution in [0.4, 0.5) is 0 Å². The lowest BCUT2D eigenvalue weighted by atomic mass is 10.3. The Kier molecular flexibility index (Phi) is 1.94. The van der Waals surface area contributed by atoms with Gasteiger partial charge in [0.25, 0.3) is 0 Å². The molecule has 1 N–H and O–H groups in total. The van der Waals surface area contributed by atoms with E-state index in [4.69, 9.17) is 0 Å². The topological polar surface area (TPSA) is 59.1 Å². The first kappa shape index (κ1) is 9.11. The standard InChI is InChI=1S/C7H10N2O2S2/c1-4-6-5(3-8-4)9-7(12-6)13(2,10)11/h4,8H,3H2,1-2H3. The van der Waals surface area contributed by atoms with Crippen molar-refractivity contribution in [1.82, 2.24) is 10.3 Å². The molecule has 1 aromatic rings. The zero-order valence-electron chi connectivity index (χ0n) is 7.36. The SMILES string of the molecule is CC1NCc2nc(S(C)(=O)=O)sc21. The number of hydrogen-bond donors (Lipinski definition) is 1. The number of rotatable bonds is 1. The minimum Gasteiger partial charge on any atom is -0.304 e. The van der Waals surface area contributed by atoms with Crippen LogP contribution in [-0.4, -0.2) is 19.7 Å². The van der Waals surface area contributed by atoms with Crippen molar-refractivity contribution >= 4 is 21.2 Å². The first-order valence-electron chi connectivity index (χ1n) is 3.91. The Morgan fingerprint density at radius 3 is 2.85 bits per heavy atom. The van der Waals surface area contributed by atoms with Gasteiger partial charge in [0.2, 0.25) is 14.2 Å². The lowest BCUT2D eigenvalue weighted by Crippen LogP contribution is -2.08. The maximum atomic E-state index is 11.2. The highest BCUT2D eigenvalue weighted by Gasteiger charge is 2.25. The summed E-state index contributed by atoms with van der Waals surface area (Å²) in [6.07, 6.45) is 1.19. The lowest BCUT2D eigenvalue weighted by molar-refractivity contribution is 0.599. The van der Waals surface area contributed by atoms with Crippen LogP contribution in [0.1, 0.15) is 23.5 Å². The highest BCUT2D eigenvalue weighted by molar-refractivity contribution is 7.92. The van der Waals surface area contributed by atoms with E-state index in [0.29, 0.717) is 6.54 Å². The smallest absolute Gasteiger partial charge is 0.209 e. The van der Waals surface area contributed by atoms with E-state index in [2.05, 4.69) is 10.3 Å². The Labute approximate surface area is 80.9 Å². The predicted octanol–water partition coefficient (Wildman–Crippen LogP) is 0.711. The molecule has 0 fully saturated rings. The van der Waals surface area contributed by atoms with Gasteiger partial charge in [0.15, 0.2) is 0 Å². The molecule has 0 saturated carbocycles. The summed E-state index contributed by atoms with van der Waals surface area (Å²) in [7, 11) is -3.12. The molecule has 0 aromatic carbocycles. The van der Waals surface area contributed by atoms with Crippen LogP contribution in [0.25, 0.3) is 0 Å². The quantitative estimate of drug-likeness (QED) is 0.754. The monoisotopic (exact) mass is 218 g/mol. The van der Waals surface area contributed by atoms with Crippen LogP contribution in [0.15, 0.2) is 4.34 Å². The van der Waals surface area contributed by atoms with E-state index in [0.717, 1.165) is 10.6 Å². The zero-order valence-corrected chi connectivity index (χ0v) is 9.00. The summed E-state index contributed by atoms with van der Waals surface area (Å²) >= 11 is 1.28. The van der Waals surface area contributed by atoms with Crippen molar-refractivity contribution in [3.63, 3.8) is 0 Å². The summed E-state index contributed by atoms with van der Waals surface area (Å²) in [6, 6.07) is 0.239. The largest absolute Gasteiger partial charge is 0.304 e. The Morgan fingerprint density at radius 1 is 1.62 bits per heavy atom. The van der Waals surface area contributed by atoms with Gasteiger partial charge in [-0.05, 0) is 6.92 Å². The first-order valence-corrected chi connectivity index (χ1v) is 6.62. The molecule has 1 atom stereocenters. The molecular weight excluding hydrogens is 208 g/mol. The van der Waals surface area contributed by atoms with Crippen LogP contribution in [0.5, 0.6) is 0 Å². The molecule has 4 nitrogen and oxygen atoms in total. The second kappa shape index (κ2) is 2.76. The number of nitrogens with zero attached hydrogens (tertiary/aromatic N) is 1. The normalized spacial score (nSPS) is 21.8. The maximum absolute atomic E-state index is 11.2. The Balaban J connectivity index is 2.51. The third kappa shape index (κ3) is 1.49. The molecule has 0 radical (unpaired) electrons. The van der Waals surface area contributed by atoms with E-state index in [-0.39, 0.29) is 10.4 Å². The fourth-order valence-corrected chi connectivity index (χ4v) is 3.30. The summed E-state index contributed by atoms with van der Waals surface area (Å²) in [4.78, 5) is 5.14. The van der Waals surface area contributed by atoms with Crippen LogP contribution in [-0.2, 0) is 16.4 Å². The van der Waals surface area contributed by atoms with Gasteiger partial charge < -0.3 is 5.32 Å². The molecule has 2 heterocycles. The van der Waals surface area contributed by atoms with Crippen LogP contribution < -0.4 is 5.32 Å². The lowest BCUT2D eigenvalue weighted by Gasteiger charge is -1.99. The van der Waals surface area contributed by atoms with E-state index in [1.54, 1.807) is 0 Å². The van der Waals surface area contributed by atoms with Crippen LogP contribution in [0, 0.1) is 0 Å². The third-order valence-corrected chi connectivity index (χ3v) is 4.95. The molecule has 0 saturated heterocycles. The highest BCUT2D eigenvalue weighted by Crippen LogP contribution is 2.32. The van der Waals surface area contributed by atoms with E-state index in [1.807, 2.05) is 6.92 Å². The Morgan fingerprint density at radius 2 is 2.31 bits per heavy atom. The fourth-order valence-electron chi connectivity index (χ4n) is 1.31. The van der Waals surface area contributed by atoms with Gasteiger partial charge in [-0.2, -0.15) is 0 Å². The second-order valence-corrected chi connectivity index (χ2v) is 6.39. The fraction of sp³-hybridized carbons (Fsp3) is 0.571. The summed E-state index contributed by atoms with van der Waals surface area (Å²) < 4.78 is 22.6. The number of nitrogens with one attached hydrogen (secondary N) is 1. The van der Waals surface area contributed by atoms with Crippen molar-refractivity contribution in [2.75, 3.05) is 6.26 Å². The molecule has 0 spiro atoms. The average Bonchev–Trinajstić information content (AvgIpc) is 2.51. The van der Waals surface area contributed by atoms with Gasteiger partial charge in [0, 0.05) is 23.7 Å². The molecular formula is C7H10N2O2S2. The van der Waals surface area contributed by atoms with Crippen LogP contribution in [0.3, 0.4) is 0 Å². The Bertz CT molecular complexity index is 435. The van der Waals surface area contributed by atoms with Gasteiger partial charge in [-0.25, -0.2) is 13.4 Å². The molecule has 1 aliphatic heterocycles. The van der Waals surface area contributed by atoms with Crippen molar-refractivity contribution in [2.24, 2.45) is 0 Å². The molecule has 6 heteroatoms. The van der Waals surface area contributed by atoms with Gasteiger partial charge in [-0.3, -0.25) is 0 Å². The van der Waals surface area contributed by atoms with E-state index >= 15 is 0 Å². The third-order valence-electron chi connectivity index (χ3n) is 1.99. The van der Waals surface area contributed by atoms with Gasteiger partial charge in [-0.15, -0.1) is 11.3 Å². The molecule has 1 aromatic heterocycles. The second-order valence-electron chi connectivity index (χ2n) is 3.17. The summed E-state index contributed by atoms with van der Waals surface area (Å²) in [5, 5.41) is 3.20. The van der Waals surface area contributed by atoms with Gasteiger partial charge in [0.1, 0.15) is 0 Å². The van der Waals surface area contributed by atoms with Crippen molar-refractivity contribution < 1.29 is 8.42 Å². The summed E-state index contributed by atoms with van der Waals surface area (Å²) in [5.41, 5.74) is 0.887. The molecule has 2 rings (SSSR count). The van der Waals surface area contributed by atoms with Crippen LogP contribution >= 0.6 is 11.3 Å². The van der Waals surface area contributed by atoms with Crippen molar-refractivity contribution in [3.05, 3.63) is 10.6 Å². The number of fused-ring (bicyclic) bond motifs is 1. The van der Waals surface area contributed by atoms with Crippen LogP contribution in [0.2, 0.25) is 0 Å². The van der Waals surface area contributed by atoms with Crippen molar-refractivity contribution in [1.29, 1.82) is 0 Å². The highest BCUT2D eigenvalue weighted by atomic mass is 32.2. The van der Waals surface area contributed by atoms with E-state index in [1.165, 1.54) is 17.6 Å². The summed E-state index contributed by atoms with van der Waals surface area (Å²) in [6.45, 7) is 2.69. The molecule has 0 bridgehead atoms. The maximum Gasteiger partial charge on any atom is 0.209 e. The number of aromatic nitrogens is 1.